The Morgan fingerprint density at radius 1 is 1.53 bits per heavy atom. The summed E-state index contributed by atoms with van der Waals surface area (Å²) in [5.41, 5.74) is -0.805. The third kappa shape index (κ3) is 5.50. The van der Waals surface area contributed by atoms with Crippen molar-refractivity contribution in [3.63, 3.8) is 0 Å². The summed E-state index contributed by atoms with van der Waals surface area (Å²) in [6.45, 7) is 8.66. The van der Waals surface area contributed by atoms with Gasteiger partial charge in [-0.15, -0.1) is 0 Å². The molecular formula is C13H26N2O2. The molecule has 0 aliphatic carbocycles. The predicted octanol–water partition coefficient (Wildman–Crippen LogP) is 0.995. The largest absolute Gasteiger partial charge is 0.389 e. The van der Waals surface area contributed by atoms with E-state index < -0.39 is 5.60 Å². The van der Waals surface area contributed by atoms with Crippen LogP contribution in [-0.4, -0.2) is 47.7 Å². The quantitative estimate of drug-likeness (QED) is 0.730. The average molecular weight is 242 g/mol. The third-order valence-electron chi connectivity index (χ3n) is 3.24. The molecule has 1 amide bonds. The van der Waals surface area contributed by atoms with Gasteiger partial charge in [-0.1, -0.05) is 0 Å². The van der Waals surface area contributed by atoms with Gasteiger partial charge in [0.15, 0.2) is 0 Å². The molecule has 17 heavy (non-hydrogen) atoms. The van der Waals surface area contributed by atoms with Gasteiger partial charge >= 0.3 is 0 Å². The van der Waals surface area contributed by atoms with Crippen LogP contribution in [0, 0.1) is 5.92 Å². The number of amides is 1. The molecule has 4 nitrogen and oxygen atoms in total. The van der Waals surface area contributed by atoms with Crippen LogP contribution in [0.15, 0.2) is 0 Å². The van der Waals surface area contributed by atoms with Gasteiger partial charge in [0.25, 0.3) is 0 Å². The number of nitrogens with one attached hydrogen (secondary N) is 1. The maximum atomic E-state index is 12.0. The standard InChI is InChI=1S/C13H26N2O2/c1-4-15(10-13(2,3)17)12(16)6-5-11-7-8-14-9-11/h11,14,17H,4-10H2,1-3H3. The number of nitrogens with zero attached hydrogens (tertiary/aromatic N) is 1. The molecule has 0 saturated carbocycles. The Morgan fingerprint density at radius 3 is 2.71 bits per heavy atom. The molecule has 1 saturated heterocycles. The minimum Gasteiger partial charge on any atom is -0.389 e. The monoisotopic (exact) mass is 242 g/mol. The molecule has 0 aromatic rings. The molecule has 100 valence electrons. The Labute approximate surface area is 104 Å². The number of rotatable bonds is 6. The Kier molecular flexibility index (Phi) is 5.40. The lowest BCUT2D eigenvalue weighted by molar-refractivity contribution is -0.134. The third-order valence-corrected chi connectivity index (χ3v) is 3.24. The zero-order valence-corrected chi connectivity index (χ0v) is 11.3. The Morgan fingerprint density at radius 2 is 2.24 bits per heavy atom. The first-order chi connectivity index (χ1) is 7.92. The van der Waals surface area contributed by atoms with Gasteiger partial charge in [0.05, 0.1) is 5.60 Å². The fourth-order valence-corrected chi connectivity index (χ4v) is 2.29. The van der Waals surface area contributed by atoms with Gasteiger partial charge < -0.3 is 15.3 Å². The highest BCUT2D eigenvalue weighted by Gasteiger charge is 2.22. The minimum atomic E-state index is -0.805. The zero-order chi connectivity index (χ0) is 12.9. The lowest BCUT2D eigenvalue weighted by Gasteiger charge is -2.28. The predicted molar refractivity (Wildman–Crippen MR) is 68.8 cm³/mol. The molecule has 1 atom stereocenters. The van der Waals surface area contributed by atoms with Crippen LogP contribution in [0.25, 0.3) is 0 Å². The van der Waals surface area contributed by atoms with Gasteiger partial charge in [0.1, 0.15) is 0 Å². The van der Waals surface area contributed by atoms with Gasteiger partial charge in [-0.25, -0.2) is 0 Å². The first-order valence-electron chi connectivity index (χ1n) is 6.63. The summed E-state index contributed by atoms with van der Waals surface area (Å²) in [5, 5.41) is 13.1. The van der Waals surface area contributed by atoms with Crippen molar-refractivity contribution in [2.75, 3.05) is 26.2 Å². The van der Waals surface area contributed by atoms with E-state index in [0.29, 0.717) is 25.4 Å². The smallest absolute Gasteiger partial charge is 0.222 e. The zero-order valence-electron chi connectivity index (χ0n) is 11.3. The van der Waals surface area contributed by atoms with Gasteiger partial charge in [0, 0.05) is 19.5 Å². The van der Waals surface area contributed by atoms with Gasteiger partial charge in [-0.2, -0.15) is 0 Å². The SMILES string of the molecule is CCN(CC(C)(C)O)C(=O)CCC1CCNC1. The fraction of sp³-hybridized carbons (Fsp3) is 0.923. The molecule has 2 N–H and O–H groups in total. The molecule has 4 heteroatoms. The van der Waals surface area contributed by atoms with Crippen molar-refractivity contribution >= 4 is 5.91 Å². The Bertz CT molecular complexity index is 242. The summed E-state index contributed by atoms with van der Waals surface area (Å²) in [5.74, 6) is 0.821. The summed E-state index contributed by atoms with van der Waals surface area (Å²) < 4.78 is 0. The van der Waals surface area contributed by atoms with Crippen LogP contribution in [-0.2, 0) is 4.79 Å². The number of hydrogen-bond acceptors (Lipinski definition) is 3. The van der Waals surface area contributed by atoms with E-state index >= 15 is 0 Å². The number of hydrogen-bond donors (Lipinski definition) is 2. The first-order valence-corrected chi connectivity index (χ1v) is 6.63. The lowest BCUT2D eigenvalue weighted by atomic mass is 10.0. The highest BCUT2D eigenvalue weighted by atomic mass is 16.3. The van der Waals surface area contributed by atoms with Crippen molar-refractivity contribution < 1.29 is 9.90 Å². The Hall–Kier alpha value is -0.610. The molecule has 0 aromatic heterocycles. The fourth-order valence-electron chi connectivity index (χ4n) is 2.29. The van der Waals surface area contributed by atoms with E-state index in [1.54, 1.807) is 18.7 Å². The van der Waals surface area contributed by atoms with Gasteiger partial charge in [-0.05, 0) is 52.6 Å². The molecular weight excluding hydrogens is 216 g/mol. The van der Waals surface area contributed by atoms with Crippen LogP contribution in [0.1, 0.15) is 40.0 Å². The first kappa shape index (κ1) is 14.5. The number of aliphatic hydroxyl groups is 1. The average Bonchev–Trinajstić information content (AvgIpc) is 2.74. The molecule has 1 rings (SSSR count). The molecule has 1 aliphatic heterocycles. The maximum absolute atomic E-state index is 12.0. The van der Waals surface area contributed by atoms with E-state index in [4.69, 9.17) is 0 Å². The highest BCUT2D eigenvalue weighted by molar-refractivity contribution is 5.76. The normalized spacial score (nSPS) is 20.6. The number of carbonyl (C=O) groups is 1. The van der Waals surface area contributed by atoms with Crippen LogP contribution in [0.5, 0.6) is 0 Å². The highest BCUT2D eigenvalue weighted by Crippen LogP contribution is 2.16. The topological polar surface area (TPSA) is 52.6 Å². The molecule has 1 aliphatic rings. The maximum Gasteiger partial charge on any atom is 0.222 e. The summed E-state index contributed by atoms with van der Waals surface area (Å²) in [7, 11) is 0. The van der Waals surface area contributed by atoms with Crippen molar-refractivity contribution in [3.8, 4) is 0 Å². The Balaban J connectivity index is 2.32. The van der Waals surface area contributed by atoms with Crippen molar-refractivity contribution in [2.24, 2.45) is 5.92 Å². The van der Waals surface area contributed by atoms with Crippen LogP contribution >= 0.6 is 0 Å². The molecule has 0 aromatic carbocycles. The molecule has 1 unspecified atom stereocenters. The lowest BCUT2D eigenvalue weighted by Crippen LogP contribution is -2.42. The number of likely N-dealkylation sites (N-methyl/N-ethyl adjacent to an activating group) is 1. The summed E-state index contributed by atoms with van der Waals surface area (Å²) in [6.07, 6.45) is 2.76. The van der Waals surface area contributed by atoms with E-state index in [2.05, 4.69) is 5.32 Å². The van der Waals surface area contributed by atoms with E-state index in [0.717, 1.165) is 19.5 Å². The van der Waals surface area contributed by atoms with Crippen molar-refractivity contribution in [2.45, 2.75) is 45.6 Å². The second kappa shape index (κ2) is 6.36. The molecule has 1 heterocycles. The van der Waals surface area contributed by atoms with Gasteiger partial charge in [0.2, 0.25) is 5.91 Å². The summed E-state index contributed by atoms with van der Waals surface area (Å²) in [4.78, 5) is 13.8. The van der Waals surface area contributed by atoms with Crippen molar-refractivity contribution in [1.82, 2.24) is 10.2 Å². The van der Waals surface area contributed by atoms with E-state index in [-0.39, 0.29) is 5.91 Å². The van der Waals surface area contributed by atoms with Gasteiger partial charge in [-0.3, -0.25) is 4.79 Å². The van der Waals surface area contributed by atoms with Crippen LogP contribution in [0.2, 0.25) is 0 Å². The molecule has 0 radical (unpaired) electrons. The van der Waals surface area contributed by atoms with Crippen LogP contribution in [0.4, 0.5) is 0 Å². The summed E-state index contributed by atoms with van der Waals surface area (Å²) >= 11 is 0. The second-order valence-electron chi connectivity index (χ2n) is 5.62. The number of carbonyl (C=O) groups excluding carboxylic acids is 1. The second-order valence-corrected chi connectivity index (χ2v) is 5.62. The molecule has 1 fully saturated rings. The van der Waals surface area contributed by atoms with E-state index in [1.807, 2.05) is 6.92 Å². The van der Waals surface area contributed by atoms with Crippen LogP contribution in [0.3, 0.4) is 0 Å². The van der Waals surface area contributed by atoms with Crippen molar-refractivity contribution in [1.29, 1.82) is 0 Å². The van der Waals surface area contributed by atoms with Crippen LogP contribution < -0.4 is 5.32 Å². The minimum absolute atomic E-state index is 0.168. The molecule has 0 spiro atoms. The molecule has 0 bridgehead atoms. The summed E-state index contributed by atoms with van der Waals surface area (Å²) in [6, 6.07) is 0. The van der Waals surface area contributed by atoms with E-state index in [9.17, 15) is 9.90 Å². The van der Waals surface area contributed by atoms with E-state index in [1.165, 1.54) is 6.42 Å². The van der Waals surface area contributed by atoms with Crippen molar-refractivity contribution in [3.05, 3.63) is 0 Å².